The van der Waals surface area contributed by atoms with E-state index in [1.54, 1.807) is 0 Å². The topological polar surface area (TPSA) is 61.4 Å². The Morgan fingerprint density at radius 2 is 1.53 bits per heavy atom. The number of likely N-dealkylation sites (tertiary alicyclic amines) is 1. The summed E-state index contributed by atoms with van der Waals surface area (Å²) in [5.41, 5.74) is 6.69. The fourth-order valence-electron chi connectivity index (χ4n) is 4.50. The first-order chi connectivity index (χ1) is 16.5. The van der Waals surface area contributed by atoms with E-state index in [9.17, 15) is 9.59 Å². The molecule has 5 heteroatoms. The Balaban J connectivity index is 1.23. The van der Waals surface area contributed by atoms with Crippen LogP contribution in [-0.2, 0) is 11.3 Å². The number of benzene rings is 3. The number of carbonyl (C=O) groups is 2. The molecule has 0 radical (unpaired) electrons. The minimum atomic E-state index is -0.124. The number of anilines is 2. The summed E-state index contributed by atoms with van der Waals surface area (Å²) in [7, 11) is 0. The highest BCUT2D eigenvalue weighted by molar-refractivity contribution is 6.04. The second kappa shape index (κ2) is 9.82. The molecule has 1 saturated carbocycles. The number of aryl methyl sites for hydroxylation is 1. The van der Waals surface area contributed by atoms with Gasteiger partial charge < -0.3 is 10.6 Å². The molecule has 0 bridgehead atoms. The number of nitrogens with zero attached hydrogens (tertiary/aromatic N) is 1. The van der Waals surface area contributed by atoms with Crippen LogP contribution in [0.2, 0.25) is 0 Å². The van der Waals surface area contributed by atoms with Crippen molar-refractivity contribution in [2.24, 2.45) is 5.92 Å². The Bertz CT molecular complexity index is 1180. The average molecular weight is 454 g/mol. The summed E-state index contributed by atoms with van der Waals surface area (Å²) in [5, 5.41) is 6.01. The van der Waals surface area contributed by atoms with Gasteiger partial charge in [-0.15, -0.1) is 0 Å². The van der Waals surface area contributed by atoms with Gasteiger partial charge in [0.05, 0.1) is 0 Å². The summed E-state index contributed by atoms with van der Waals surface area (Å²) in [6.07, 6.45) is 4.54. The lowest BCUT2D eigenvalue weighted by atomic mass is 9.98. The van der Waals surface area contributed by atoms with Crippen LogP contribution in [0, 0.1) is 12.8 Å². The summed E-state index contributed by atoms with van der Waals surface area (Å²) in [6.45, 7) is 5.37. The zero-order valence-corrected chi connectivity index (χ0v) is 19.6. The Labute approximate surface area is 201 Å². The fourth-order valence-corrected chi connectivity index (χ4v) is 4.50. The van der Waals surface area contributed by atoms with Gasteiger partial charge in [0, 0.05) is 29.4 Å². The number of hydrogen-bond donors (Lipinski definition) is 2. The largest absolute Gasteiger partial charge is 0.326 e. The molecule has 5 rings (SSSR count). The predicted octanol–water partition coefficient (Wildman–Crippen LogP) is 5.86. The Hall–Kier alpha value is -3.44. The lowest BCUT2D eigenvalue weighted by molar-refractivity contribution is -0.117. The maximum atomic E-state index is 12.8. The summed E-state index contributed by atoms with van der Waals surface area (Å²) in [5.74, 6) is 0.149. The molecule has 0 spiro atoms. The van der Waals surface area contributed by atoms with E-state index in [4.69, 9.17) is 0 Å². The van der Waals surface area contributed by atoms with E-state index in [0.717, 1.165) is 47.5 Å². The van der Waals surface area contributed by atoms with E-state index < -0.39 is 0 Å². The first-order valence-electron chi connectivity index (χ1n) is 12.2. The van der Waals surface area contributed by atoms with E-state index in [-0.39, 0.29) is 17.7 Å². The highest BCUT2D eigenvalue weighted by Gasteiger charge is 2.29. The van der Waals surface area contributed by atoms with Crippen molar-refractivity contribution in [1.82, 2.24) is 4.90 Å². The lowest BCUT2D eigenvalue weighted by Gasteiger charge is -2.15. The molecule has 0 atom stereocenters. The minimum absolute atomic E-state index is 0.103. The lowest BCUT2D eigenvalue weighted by Crippen LogP contribution is -2.18. The molecule has 3 aromatic rings. The molecule has 34 heavy (non-hydrogen) atoms. The molecule has 3 aromatic carbocycles. The quantitative estimate of drug-likeness (QED) is 0.471. The maximum Gasteiger partial charge on any atom is 0.255 e. The van der Waals surface area contributed by atoms with Crippen molar-refractivity contribution in [2.45, 2.75) is 39.2 Å². The molecule has 174 valence electrons. The van der Waals surface area contributed by atoms with Crippen LogP contribution in [0.5, 0.6) is 0 Å². The van der Waals surface area contributed by atoms with Crippen molar-refractivity contribution in [1.29, 1.82) is 0 Å². The number of amides is 2. The molecule has 5 nitrogen and oxygen atoms in total. The highest BCUT2D eigenvalue weighted by Crippen LogP contribution is 2.32. The first-order valence-corrected chi connectivity index (χ1v) is 12.2. The first kappa shape index (κ1) is 22.4. The summed E-state index contributed by atoms with van der Waals surface area (Å²) < 4.78 is 0. The molecule has 2 amide bonds. The van der Waals surface area contributed by atoms with Gasteiger partial charge in [0.2, 0.25) is 5.91 Å². The van der Waals surface area contributed by atoms with Crippen molar-refractivity contribution in [3.8, 4) is 11.1 Å². The van der Waals surface area contributed by atoms with Gasteiger partial charge in [-0.25, -0.2) is 0 Å². The molecule has 2 N–H and O–H groups in total. The smallest absolute Gasteiger partial charge is 0.255 e. The fraction of sp³-hybridized carbons (Fsp3) is 0.310. The van der Waals surface area contributed by atoms with Gasteiger partial charge in [-0.2, -0.15) is 0 Å². The second-order valence-electron chi connectivity index (χ2n) is 9.50. The highest BCUT2D eigenvalue weighted by atomic mass is 16.2. The van der Waals surface area contributed by atoms with Crippen LogP contribution in [-0.4, -0.2) is 29.8 Å². The second-order valence-corrected chi connectivity index (χ2v) is 9.50. The molecular weight excluding hydrogens is 422 g/mol. The molecule has 1 aliphatic heterocycles. The van der Waals surface area contributed by atoms with Crippen molar-refractivity contribution in [2.75, 3.05) is 23.7 Å². The summed E-state index contributed by atoms with van der Waals surface area (Å²) in [6, 6.07) is 21.7. The van der Waals surface area contributed by atoms with E-state index in [0.29, 0.717) is 5.56 Å². The van der Waals surface area contributed by atoms with Crippen LogP contribution in [0.25, 0.3) is 11.1 Å². The molecule has 0 aromatic heterocycles. The van der Waals surface area contributed by atoms with Gasteiger partial charge in [0.15, 0.2) is 0 Å². The molecule has 1 saturated heterocycles. The Morgan fingerprint density at radius 3 is 2.21 bits per heavy atom. The average Bonchev–Trinajstić information content (AvgIpc) is 3.59. The van der Waals surface area contributed by atoms with Crippen LogP contribution in [0.3, 0.4) is 0 Å². The van der Waals surface area contributed by atoms with Crippen molar-refractivity contribution >= 4 is 23.2 Å². The minimum Gasteiger partial charge on any atom is -0.326 e. The Kier molecular flexibility index (Phi) is 6.45. The van der Waals surface area contributed by atoms with E-state index >= 15 is 0 Å². The molecule has 1 heterocycles. The van der Waals surface area contributed by atoms with Gasteiger partial charge in [0.25, 0.3) is 5.91 Å². The summed E-state index contributed by atoms with van der Waals surface area (Å²) >= 11 is 0. The molecule has 2 fully saturated rings. The molecule has 0 unspecified atom stereocenters. The van der Waals surface area contributed by atoms with Crippen LogP contribution < -0.4 is 10.6 Å². The molecular formula is C29H31N3O2. The van der Waals surface area contributed by atoms with Crippen molar-refractivity contribution in [3.63, 3.8) is 0 Å². The van der Waals surface area contributed by atoms with Crippen LogP contribution in [0.4, 0.5) is 11.4 Å². The molecule has 2 aliphatic rings. The van der Waals surface area contributed by atoms with Crippen molar-refractivity contribution in [3.05, 3.63) is 83.4 Å². The van der Waals surface area contributed by atoms with Crippen LogP contribution in [0.1, 0.15) is 47.2 Å². The van der Waals surface area contributed by atoms with Gasteiger partial charge in [0.1, 0.15) is 0 Å². The Morgan fingerprint density at radius 1 is 0.853 bits per heavy atom. The third kappa shape index (κ3) is 5.37. The van der Waals surface area contributed by atoms with Gasteiger partial charge in [-0.3, -0.25) is 14.5 Å². The van der Waals surface area contributed by atoms with Crippen LogP contribution >= 0.6 is 0 Å². The van der Waals surface area contributed by atoms with E-state index in [1.807, 2.05) is 54.6 Å². The van der Waals surface area contributed by atoms with Gasteiger partial charge in [-0.05, 0) is 104 Å². The predicted molar refractivity (Wildman–Crippen MR) is 137 cm³/mol. The van der Waals surface area contributed by atoms with Gasteiger partial charge in [-0.1, -0.05) is 30.3 Å². The zero-order chi connectivity index (χ0) is 23.5. The maximum absolute atomic E-state index is 12.8. The normalized spacial score (nSPS) is 15.8. The number of carbonyl (C=O) groups excluding carboxylic acids is 2. The molecule has 1 aliphatic carbocycles. The zero-order valence-electron chi connectivity index (χ0n) is 19.6. The summed E-state index contributed by atoms with van der Waals surface area (Å²) in [4.78, 5) is 27.4. The van der Waals surface area contributed by atoms with E-state index in [1.165, 1.54) is 31.5 Å². The standard InChI is InChI=1S/C29H31N3O2/c1-20-4-13-26(31-29(34)24-11-12-24)18-27(20)22-7-9-23(10-8-22)28(33)30-25-14-5-21(6-15-25)19-32-16-2-3-17-32/h4-10,13-15,18,24H,2-3,11-12,16-17,19H2,1H3,(H,30,33)(H,31,34). The third-order valence-electron chi connectivity index (χ3n) is 6.73. The van der Waals surface area contributed by atoms with Gasteiger partial charge >= 0.3 is 0 Å². The van der Waals surface area contributed by atoms with Crippen molar-refractivity contribution < 1.29 is 9.59 Å². The monoisotopic (exact) mass is 453 g/mol. The third-order valence-corrected chi connectivity index (χ3v) is 6.73. The SMILES string of the molecule is Cc1ccc(NC(=O)C2CC2)cc1-c1ccc(C(=O)Nc2ccc(CN3CCCC3)cc2)cc1. The van der Waals surface area contributed by atoms with Crippen LogP contribution in [0.15, 0.2) is 66.7 Å². The number of nitrogens with one attached hydrogen (secondary N) is 2. The number of rotatable bonds is 7. The van der Waals surface area contributed by atoms with E-state index in [2.05, 4.69) is 34.6 Å². The number of hydrogen-bond acceptors (Lipinski definition) is 3.